The Morgan fingerprint density at radius 1 is 1.27 bits per heavy atom. The number of ether oxygens (including phenoxy) is 1. The number of hydrogen-bond donors (Lipinski definition) is 0. The van der Waals surface area contributed by atoms with Gasteiger partial charge in [0.05, 0.1) is 18.1 Å². The molecule has 0 spiro atoms. The lowest BCUT2D eigenvalue weighted by Gasteiger charge is -2.31. The van der Waals surface area contributed by atoms with Crippen LogP contribution in [0.3, 0.4) is 0 Å². The summed E-state index contributed by atoms with van der Waals surface area (Å²) in [7, 11) is -2.13. The average molecular weight is 343 g/mol. The van der Waals surface area contributed by atoms with E-state index in [0.29, 0.717) is 6.73 Å². The highest BCUT2D eigenvalue weighted by Crippen LogP contribution is 2.35. The molecule has 0 aliphatic heterocycles. The van der Waals surface area contributed by atoms with Gasteiger partial charge in [-0.1, -0.05) is 40.4 Å². The van der Waals surface area contributed by atoms with Gasteiger partial charge in [0, 0.05) is 20.9 Å². The minimum absolute atomic E-state index is 0.0507. The molecule has 128 valence electrons. The fourth-order valence-corrected chi connectivity index (χ4v) is 3.97. The van der Waals surface area contributed by atoms with Crippen LogP contribution < -0.4 is 0 Å². The van der Waals surface area contributed by atoms with E-state index in [1.807, 2.05) is 10.9 Å². The highest BCUT2D eigenvalue weighted by Gasteiger charge is 2.29. The van der Waals surface area contributed by atoms with Crippen molar-refractivity contribution in [3.05, 3.63) is 18.2 Å². The van der Waals surface area contributed by atoms with Crippen LogP contribution >= 0.6 is 0 Å². The molecule has 0 bridgehead atoms. The highest BCUT2D eigenvalue weighted by atomic mass is 28.3. The minimum Gasteiger partial charge on any atom is -0.412 e. The van der Waals surface area contributed by atoms with E-state index in [2.05, 4.69) is 64.7 Å². The van der Waals surface area contributed by atoms with E-state index in [9.17, 15) is 0 Å². The predicted octanol–water partition coefficient (Wildman–Crippen LogP) is 4.28. The molecule has 4 nitrogen and oxygen atoms in total. The topological polar surface area (TPSA) is 36.3 Å². The maximum absolute atomic E-state index is 6.21. The van der Waals surface area contributed by atoms with E-state index in [4.69, 9.17) is 9.16 Å². The third kappa shape index (κ3) is 7.22. The molecule has 0 radical (unpaired) electrons. The quantitative estimate of drug-likeness (QED) is 0.522. The second-order valence-electron chi connectivity index (χ2n) is 8.59. The SMILES string of the molecule is C[SiH](C)OC(c1cn(COCC[Si](C)(C)C)cn1)C(C)(C)C. The van der Waals surface area contributed by atoms with Crippen LogP contribution in [0.1, 0.15) is 32.6 Å². The maximum atomic E-state index is 6.21. The van der Waals surface area contributed by atoms with Crippen LogP contribution in [0.5, 0.6) is 0 Å². The van der Waals surface area contributed by atoms with Crippen molar-refractivity contribution in [2.75, 3.05) is 6.61 Å². The smallest absolute Gasteiger partial charge is 0.171 e. The molecular weight excluding hydrogens is 308 g/mol. The zero-order valence-electron chi connectivity index (χ0n) is 15.6. The Labute approximate surface area is 139 Å². The molecule has 0 aliphatic carbocycles. The number of rotatable bonds is 8. The summed E-state index contributed by atoms with van der Waals surface area (Å²) >= 11 is 0. The summed E-state index contributed by atoms with van der Waals surface area (Å²) in [4.78, 5) is 4.55. The van der Waals surface area contributed by atoms with Gasteiger partial charge in [-0.2, -0.15) is 0 Å². The van der Waals surface area contributed by atoms with Crippen molar-refractivity contribution in [3.8, 4) is 0 Å². The Morgan fingerprint density at radius 2 is 1.91 bits per heavy atom. The van der Waals surface area contributed by atoms with Gasteiger partial charge in [-0.15, -0.1) is 0 Å². The van der Waals surface area contributed by atoms with Crippen molar-refractivity contribution in [2.24, 2.45) is 5.41 Å². The third-order valence-electron chi connectivity index (χ3n) is 3.35. The molecule has 6 heteroatoms. The van der Waals surface area contributed by atoms with Gasteiger partial charge >= 0.3 is 0 Å². The molecule has 1 aromatic rings. The Bertz CT molecular complexity index is 448. The van der Waals surface area contributed by atoms with Crippen molar-refractivity contribution in [1.29, 1.82) is 0 Å². The summed E-state index contributed by atoms with van der Waals surface area (Å²) in [5.74, 6) is 0. The third-order valence-corrected chi connectivity index (χ3v) is 5.87. The van der Waals surface area contributed by atoms with Crippen LogP contribution in [0.15, 0.2) is 12.5 Å². The van der Waals surface area contributed by atoms with Crippen LogP contribution in [0.4, 0.5) is 0 Å². The average Bonchev–Trinajstić information content (AvgIpc) is 2.77. The normalized spacial score (nSPS) is 14.6. The van der Waals surface area contributed by atoms with Crippen LogP contribution in [-0.2, 0) is 15.9 Å². The lowest BCUT2D eigenvalue weighted by molar-refractivity contribution is 0.0796. The minimum atomic E-state index is -1.11. The Balaban J connectivity index is 2.61. The van der Waals surface area contributed by atoms with E-state index in [0.717, 1.165) is 12.3 Å². The zero-order chi connectivity index (χ0) is 17.0. The number of imidazole rings is 1. The van der Waals surface area contributed by atoms with Crippen LogP contribution in [0.25, 0.3) is 0 Å². The lowest BCUT2D eigenvalue weighted by atomic mass is 9.87. The van der Waals surface area contributed by atoms with Gasteiger partial charge in [0.2, 0.25) is 0 Å². The first-order valence-corrected chi connectivity index (χ1v) is 14.7. The summed E-state index contributed by atoms with van der Waals surface area (Å²) in [6, 6.07) is 1.20. The van der Waals surface area contributed by atoms with E-state index in [1.54, 1.807) is 0 Å². The monoisotopic (exact) mass is 342 g/mol. The molecule has 22 heavy (non-hydrogen) atoms. The van der Waals surface area contributed by atoms with Gasteiger partial charge in [-0.05, 0) is 24.6 Å². The second-order valence-corrected chi connectivity index (χ2v) is 16.6. The molecule has 0 aliphatic rings. The molecule has 0 aromatic carbocycles. The van der Waals surface area contributed by atoms with Gasteiger partial charge < -0.3 is 13.7 Å². The first kappa shape index (κ1) is 19.6. The molecular formula is C16H34N2O2Si2. The summed E-state index contributed by atoms with van der Waals surface area (Å²) in [6.45, 7) is 19.5. The molecule has 1 unspecified atom stereocenters. The van der Waals surface area contributed by atoms with Crippen LogP contribution in [0.2, 0.25) is 38.8 Å². The van der Waals surface area contributed by atoms with E-state index < -0.39 is 17.1 Å². The lowest BCUT2D eigenvalue weighted by Crippen LogP contribution is -2.26. The molecule has 1 aromatic heterocycles. The molecule has 0 fully saturated rings. The van der Waals surface area contributed by atoms with Gasteiger partial charge in [0.1, 0.15) is 6.73 Å². The number of aromatic nitrogens is 2. The highest BCUT2D eigenvalue weighted by molar-refractivity contribution is 6.76. The van der Waals surface area contributed by atoms with E-state index in [1.165, 1.54) is 6.04 Å². The molecule has 0 amide bonds. The van der Waals surface area contributed by atoms with Gasteiger partial charge in [-0.25, -0.2) is 4.98 Å². The first-order valence-electron chi connectivity index (χ1n) is 8.24. The van der Waals surface area contributed by atoms with Gasteiger partial charge in [-0.3, -0.25) is 0 Å². The molecule has 0 saturated carbocycles. The first-order chi connectivity index (χ1) is 9.99. The van der Waals surface area contributed by atoms with Crippen molar-refractivity contribution < 1.29 is 9.16 Å². The number of nitrogens with zero attached hydrogens (tertiary/aromatic N) is 2. The van der Waals surface area contributed by atoms with Crippen molar-refractivity contribution in [2.45, 2.75) is 72.4 Å². The van der Waals surface area contributed by atoms with E-state index in [-0.39, 0.29) is 11.5 Å². The largest absolute Gasteiger partial charge is 0.412 e. The van der Waals surface area contributed by atoms with E-state index >= 15 is 0 Å². The molecule has 0 N–H and O–H groups in total. The molecule has 1 heterocycles. The van der Waals surface area contributed by atoms with Gasteiger partial charge in [0.15, 0.2) is 9.04 Å². The Morgan fingerprint density at radius 3 is 2.41 bits per heavy atom. The Kier molecular flexibility index (Phi) is 7.04. The Hall–Kier alpha value is -0.436. The molecule has 1 rings (SSSR count). The van der Waals surface area contributed by atoms with Crippen LogP contribution in [0, 0.1) is 5.41 Å². The van der Waals surface area contributed by atoms with Crippen molar-refractivity contribution >= 4 is 17.1 Å². The predicted molar refractivity (Wildman–Crippen MR) is 98.5 cm³/mol. The zero-order valence-corrected chi connectivity index (χ0v) is 17.8. The number of hydrogen-bond acceptors (Lipinski definition) is 3. The van der Waals surface area contributed by atoms with Crippen molar-refractivity contribution in [3.63, 3.8) is 0 Å². The summed E-state index contributed by atoms with van der Waals surface area (Å²) in [6.07, 6.45) is 3.98. The van der Waals surface area contributed by atoms with Crippen molar-refractivity contribution in [1.82, 2.24) is 9.55 Å². The fourth-order valence-electron chi connectivity index (χ4n) is 2.12. The standard InChI is InChI=1S/C16H34N2O2Si2/c1-16(2,3)15(20-21(4)5)14-11-18(12-17-14)13-19-9-10-22(6,7)8/h11-12,15,21H,9-10,13H2,1-8H3. The maximum Gasteiger partial charge on any atom is 0.171 e. The summed E-state index contributed by atoms with van der Waals surface area (Å²) in [5.41, 5.74) is 1.07. The fraction of sp³-hybridized carbons (Fsp3) is 0.812. The molecule has 1 atom stereocenters. The van der Waals surface area contributed by atoms with Gasteiger partial charge in [0.25, 0.3) is 0 Å². The summed E-state index contributed by atoms with van der Waals surface area (Å²) < 4.78 is 14.0. The van der Waals surface area contributed by atoms with Crippen LogP contribution in [-0.4, -0.2) is 33.3 Å². The second kappa shape index (κ2) is 7.90. The molecule has 0 saturated heterocycles. The summed E-state index contributed by atoms with van der Waals surface area (Å²) in [5, 5.41) is 0.